The fourth-order valence-corrected chi connectivity index (χ4v) is 3.51. The summed E-state index contributed by atoms with van der Waals surface area (Å²) < 4.78 is 0. The smallest absolute Gasteiger partial charge is 0.324 e. The molecule has 1 aromatic carbocycles. The van der Waals surface area contributed by atoms with Crippen molar-refractivity contribution >= 4 is 17.4 Å². The molecule has 0 bridgehead atoms. The van der Waals surface area contributed by atoms with E-state index < -0.39 is 0 Å². The normalized spacial score (nSPS) is 20.0. The van der Waals surface area contributed by atoms with Crippen LogP contribution in [0.15, 0.2) is 24.3 Å². The van der Waals surface area contributed by atoms with Crippen LogP contribution in [0.3, 0.4) is 0 Å². The Morgan fingerprint density at radius 1 is 1.00 bits per heavy atom. The molecule has 2 fully saturated rings. The lowest BCUT2D eigenvalue weighted by atomic mass is 10.0. The molecule has 2 amide bonds. The van der Waals surface area contributed by atoms with E-state index in [0.29, 0.717) is 12.1 Å². The third-order valence-electron chi connectivity index (χ3n) is 4.81. The van der Waals surface area contributed by atoms with Crippen LogP contribution < -0.4 is 15.1 Å². The number of nitrogens with zero attached hydrogens (tertiary/aromatic N) is 3. The topological polar surface area (TPSA) is 38.8 Å². The van der Waals surface area contributed by atoms with E-state index in [2.05, 4.69) is 48.3 Å². The molecular weight excluding hydrogens is 288 g/mol. The first-order valence-electron chi connectivity index (χ1n) is 8.68. The van der Waals surface area contributed by atoms with Crippen molar-refractivity contribution in [1.29, 1.82) is 0 Å². The van der Waals surface area contributed by atoms with Gasteiger partial charge in [0.15, 0.2) is 0 Å². The van der Waals surface area contributed by atoms with Crippen LogP contribution in [-0.4, -0.2) is 56.2 Å². The highest BCUT2D eigenvalue weighted by Gasteiger charge is 2.26. The zero-order valence-corrected chi connectivity index (χ0v) is 14.5. The molecule has 0 aromatic heterocycles. The van der Waals surface area contributed by atoms with Crippen LogP contribution in [0.25, 0.3) is 0 Å². The maximum Gasteiger partial charge on any atom is 0.324 e. The summed E-state index contributed by atoms with van der Waals surface area (Å²) in [6.45, 7) is 8.19. The zero-order valence-electron chi connectivity index (χ0n) is 14.5. The van der Waals surface area contributed by atoms with E-state index in [1.807, 2.05) is 11.9 Å². The number of nitrogens with one attached hydrogen (secondary N) is 1. The van der Waals surface area contributed by atoms with E-state index in [4.69, 9.17) is 0 Å². The summed E-state index contributed by atoms with van der Waals surface area (Å²) in [5.41, 5.74) is 2.26. The molecule has 5 nitrogen and oxygen atoms in total. The second-order valence-electron chi connectivity index (χ2n) is 6.95. The average molecular weight is 316 g/mol. The fraction of sp³-hybridized carbons (Fsp3) is 0.611. The molecule has 2 aliphatic rings. The Morgan fingerprint density at radius 3 is 2.13 bits per heavy atom. The molecule has 3 rings (SSSR count). The average Bonchev–Trinajstić information content (AvgIpc) is 2.87. The number of hydrogen-bond acceptors (Lipinski definition) is 3. The van der Waals surface area contributed by atoms with Crippen LogP contribution in [0, 0.1) is 0 Å². The summed E-state index contributed by atoms with van der Waals surface area (Å²) >= 11 is 0. The summed E-state index contributed by atoms with van der Waals surface area (Å²) in [6.07, 6.45) is 2.38. The monoisotopic (exact) mass is 316 g/mol. The molecule has 1 N–H and O–H groups in total. The summed E-state index contributed by atoms with van der Waals surface area (Å²) in [5.74, 6) is 0. The first kappa shape index (κ1) is 16.1. The van der Waals surface area contributed by atoms with E-state index in [1.54, 1.807) is 4.90 Å². The third-order valence-corrected chi connectivity index (χ3v) is 4.81. The molecule has 126 valence electrons. The molecular formula is C18H28N4O. The van der Waals surface area contributed by atoms with Crippen molar-refractivity contribution in [2.45, 2.75) is 38.8 Å². The Kier molecular flexibility index (Phi) is 4.76. The minimum atomic E-state index is 0.0957. The number of likely N-dealkylation sites (N-methyl/N-ethyl adjacent to an activating group) is 1. The molecule has 0 saturated carbocycles. The van der Waals surface area contributed by atoms with Gasteiger partial charge in [-0.2, -0.15) is 0 Å². The van der Waals surface area contributed by atoms with Crippen LogP contribution in [0.4, 0.5) is 16.2 Å². The predicted octanol–water partition coefficient (Wildman–Crippen LogP) is 2.53. The largest absolute Gasteiger partial charge is 0.371 e. The van der Waals surface area contributed by atoms with Crippen LogP contribution >= 0.6 is 0 Å². The SMILES string of the molecule is CC(C)NC1CCN(c2ccc(N3CCN(C)C3=O)cc2)CC1. The standard InChI is InChI=1S/C18H28N4O/c1-14(2)19-15-8-10-21(11-9-15)16-4-6-17(7-5-16)22-13-12-20(3)18(22)23/h4-7,14-15,19H,8-13H2,1-3H3. The Balaban J connectivity index is 1.59. The Bertz CT molecular complexity index is 534. The Labute approximate surface area is 139 Å². The Hall–Kier alpha value is -1.75. The van der Waals surface area contributed by atoms with Crippen molar-refractivity contribution in [2.75, 3.05) is 43.0 Å². The van der Waals surface area contributed by atoms with Gasteiger partial charge >= 0.3 is 6.03 Å². The first-order valence-corrected chi connectivity index (χ1v) is 8.68. The third kappa shape index (κ3) is 3.61. The number of benzene rings is 1. The van der Waals surface area contributed by atoms with E-state index in [-0.39, 0.29) is 6.03 Å². The van der Waals surface area contributed by atoms with Crippen molar-refractivity contribution < 1.29 is 4.79 Å². The maximum atomic E-state index is 12.1. The number of rotatable bonds is 4. The maximum absolute atomic E-state index is 12.1. The summed E-state index contributed by atoms with van der Waals surface area (Å²) in [5, 5.41) is 3.63. The van der Waals surface area contributed by atoms with Crippen LogP contribution in [0.5, 0.6) is 0 Å². The first-order chi connectivity index (χ1) is 11.0. The molecule has 2 aliphatic heterocycles. The summed E-state index contributed by atoms with van der Waals surface area (Å²) in [7, 11) is 1.85. The van der Waals surface area contributed by atoms with Gasteiger partial charge in [0.1, 0.15) is 0 Å². The van der Waals surface area contributed by atoms with E-state index in [9.17, 15) is 4.79 Å². The van der Waals surface area contributed by atoms with Gasteiger partial charge in [-0.05, 0) is 37.1 Å². The number of carbonyl (C=O) groups excluding carboxylic acids is 1. The van der Waals surface area contributed by atoms with Gasteiger partial charge < -0.3 is 15.1 Å². The molecule has 2 heterocycles. The van der Waals surface area contributed by atoms with Crippen LogP contribution in [-0.2, 0) is 0 Å². The molecule has 23 heavy (non-hydrogen) atoms. The van der Waals surface area contributed by atoms with Gasteiger partial charge in [-0.3, -0.25) is 4.90 Å². The highest BCUT2D eigenvalue weighted by Crippen LogP contribution is 2.25. The number of piperidine rings is 1. The molecule has 0 aliphatic carbocycles. The van der Waals surface area contributed by atoms with Crippen molar-refractivity contribution in [3.63, 3.8) is 0 Å². The van der Waals surface area contributed by atoms with Gasteiger partial charge in [-0.25, -0.2) is 4.79 Å². The molecule has 2 saturated heterocycles. The van der Waals surface area contributed by atoms with Crippen molar-refractivity contribution in [2.24, 2.45) is 0 Å². The van der Waals surface area contributed by atoms with E-state index in [0.717, 1.165) is 31.9 Å². The van der Waals surface area contributed by atoms with E-state index >= 15 is 0 Å². The molecule has 0 atom stereocenters. The molecule has 0 spiro atoms. The van der Waals surface area contributed by atoms with Crippen LogP contribution in [0.1, 0.15) is 26.7 Å². The minimum absolute atomic E-state index is 0.0957. The second kappa shape index (κ2) is 6.79. The number of carbonyl (C=O) groups is 1. The van der Waals surface area contributed by atoms with Crippen molar-refractivity contribution in [1.82, 2.24) is 10.2 Å². The van der Waals surface area contributed by atoms with E-state index in [1.165, 1.54) is 18.5 Å². The number of urea groups is 1. The Morgan fingerprint density at radius 2 is 1.61 bits per heavy atom. The fourth-order valence-electron chi connectivity index (χ4n) is 3.51. The second-order valence-corrected chi connectivity index (χ2v) is 6.95. The summed E-state index contributed by atoms with van der Waals surface area (Å²) in [6, 6.07) is 9.74. The minimum Gasteiger partial charge on any atom is -0.371 e. The highest BCUT2D eigenvalue weighted by molar-refractivity contribution is 5.94. The quantitative estimate of drug-likeness (QED) is 0.928. The molecule has 1 aromatic rings. The van der Waals surface area contributed by atoms with Gasteiger partial charge in [-0.1, -0.05) is 13.8 Å². The van der Waals surface area contributed by atoms with Gasteiger partial charge in [0.05, 0.1) is 0 Å². The van der Waals surface area contributed by atoms with Gasteiger partial charge in [0.2, 0.25) is 0 Å². The van der Waals surface area contributed by atoms with Gasteiger partial charge in [-0.15, -0.1) is 0 Å². The van der Waals surface area contributed by atoms with Crippen molar-refractivity contribution in [3.05, 3.63) is 24.3 Å². The number of amides is 2. The lowest BCUT2D eigenvalue weighted by Crippen LogP contribution is -2.44. The molecule has 0 unspecified atom stereocenters. The van der Waals surface area contributed by atoms with Crippen molar-refractivity contribution in [3.8, 4) is 0 Å². The molecule has 5 heteroatoms. The predicted molar refractivity (Wildman–Crippen MR) is 95.3 cm³/mol. The number of hydrogen-bond donors (Lipinski definition) is 1. The zero-order chi connectivity index (χ0) is 16.4. The van der Waals surface area contributed by atoms with Gasteiger partial charge in [0, 0.05) is 56.7 Å². The summed E-state index contributed by atoms with van der Waals surface area (Å²) in [4.78, 5) is 18.1. The lowest BCUT2D eigenvalue weighted by Gasteiger charge is -2.35. The number of anilines is 2. The van der Waals surface area contributed by atoms with Crippen LogP contribution in [0.2, 0.25) is 0 Å². The molecule has 0 radical (unpaired) electrons. The van der Waals surface area contributed by atoms with Gasteiger partial charge in [0.25, 0.3) is 0 Å². The highest BCUT2D eigenvalue weighted by atomic mass is 16.2. The lowest BCUT2D eigenvalue weighted by molar-refractivity contribution is 0.229.